The summed E-state index contributed by atoms with van der Waals surface area (Å²) < 4.78 is 5.36. The smallest absolute Gasteiger partial charge is 0.320 e. The summed E-state index contributed by atoms with van der Waals surface area (Å²) in [7, 11) is 0. The number of carboxylic acids is 1. The van der Waals surface area contributed by atoms with E-state index in [-0.39, 0.29) is 23.9 Å². The number of benzene rings is 1. The number of carbonyl (C=O) groups is 4. The van der Waals surface area contributed by atoms with E-state index in [0.717, 1.165) is 5.69 Å². The van der Waals surface area contributed by atoms with Gasteiger partial charge in [0.2, 0.25) is 0 Å². The van der Waals surface area contributed by atoms with E-state index >= 15 is 0 Å². The number of carboxylic acid groups (broad SMARTS) is 1. The standard InChI is InChI=1S/C29H32N6O6S/c36-26(37)18-22(21-3-1-7-30-19-21)31-27(38)20-5-6-24(23(17-20)32-28(39)25-4-2-16-42-25)33-8-10-34(11-9-33)29(40)35-12-14-41-15-13-35/h1-7,16-17,19,22H,8-15,18H2,(H,31,38)(H,32,39)(H,36,37). The van der Waals surface area contributed by atoms with Gasteiger partial charge in [-0.05, 0) is 41.3 Å². The largest absolute Gasteiger partial charge is 0.481 e. The Morgan fingerprint density at radius 2 is 1.71 bits per heavy atom. The average molecular weight is 593 g/mol. The van der Waals surface area contributed by atoms with Gasteiger partial charge in [0.05, 0.1) is 41.9 Å². The van der Waals surface area contributed by atoms with Crippen molar-refractivity contribution in [3.63, 3.8) is 0 Å². The Hall–Kier alpha value is -4.49. The van der Waals surface area contributed by atoms with Crippen LogP contribution in [0.25, 0.3) is 0 Å². The molecular weight excluding hydrogens is 560 g/mol. The van der Waals surface area contributed by atoms with Crippen LogP contribution < -0.4 is 15.5 Å². The number of morpholine rings is 1. The third kappa shape index (κ3) is 7.04. The molecule has 0 aliphatic carbocycles. The predicted molar refractivity (Wildman–Crippen MR) is 157 cm³/mol. The minimum Gasteiger partial charge on any atom is -0.481 e. The molecule has 1 unspecified atom stereocenters. The van der Waals surface area contributed by atoms with Crippen LogP contribution in [0.3, 0.4) is 0 Å². The van der Waals surface area contributed by atoms with E-state index in [2.05, 4.69) is 20.5 Å². The fraction of sp³-hybridized carbons (Fsp3) is 0.345. The molecule has 3 N–H and O–H groups in total. The fourth-order valence-corrected chi connectivity index (χ4v) is 5.61. The zero-order valence-electron chi connectivity index (χ0n) is 22.9. The molecule has 0 bridgehead atoms. The molecule has 13 heteroatoms. The van der Waals surface area contributed by atoms with Gasteiger partial charge in [0, 0.05) is 57.2 Å². The number of carbonyl (C=O) groups excluding carboxylic acids is 3. The first kappa shape index (κ1) is 29.0. The zero-order chi connectivity index (χ0) is 29.5. The van der Waals surface area contributed by atoms with Gasteiger partial charge < -0.3 is 35.2 Å². The number of anilines is 2. The molecule has 2 aliphatic rings. The molecule has 4 heterocycles. The zero-order valence-corrected chi connectivity index (χ0v) is 23.7. The number of hydrogen-bond acceptors (Lipinski definition) is 8. The summed E-state index contributed by atoms with van der Waals surface area (Å²) in [6, 6.07) is 11.1. The molecule has 42 heavy (non-hydrogen) atoms. The lowest BCUT2D eigenvalue weighted by molar-refractivity contribution is -0.137. The number of pyridine rings is 1. The first-order valence-corrected chi connectivity index (χ1v) is 14.5. The van der Waals surface area contributed by atoms with Gasteiger partial charge in [-0.25, -0.2) is 4.79 Å². The Bertz CT molecular complexity index is 1410. The van der Waals surface area contributed by atoms with Crippen LogP contribution in [0.1, 0.15) is 38.1 Å². The van der Waals surface area contributed by atoms with Crippen LogP contribution in [0.15, 0.2) is 60.2 Å². The summed E-state index contributed by atoms with van der Waals surface area (Å²) in [5.74, 6) is -1.84. The minimum atomic E-state index is -1.06. The van der Waals surface area contributed by atoms with Crippen molar-refractivity contribution in [2.45, 2.75) is 12.5 Å². The van der Waals surface area contributed by atoms with Crippen molar-refractivity contribution < 1.29 is 29.0 Å². The van der Waals surface area contributed by atoms with E-state index in [9.17, 15) is 24.3 Å². The third-order valence-electron chi connectivity index (χ3n) is 7.20. The summed E-state index contributed by atoms with van der Waals surface area (Å²) in [6.45, 7) is 4.36. The molecule has 4 amide bonds. The number of rotatable bonds is 8. The maximum Gasteiger partial charge on any atom is 0.320 e. The number of urea groups is 1. The van der Waals surface area contributed by atoms with Crippen molar-refractivity contribution in [3.8, 4) is 0 Å². The number of piperazine rings is 1. The number of aromatic nitrogens is 1. The predicted octanol–water partition coefficient (Wildman–Crippen LogP) is 2.92. The maximum absolute atomic E-state index is 13.3. The summed E-state index contributed by atoms with van der Waals surface area (Å²) in [4.78, 5) is 61.1. The first-order valence-electron chi connectivity index (χ1n) is 13.7. The summed E-state index contributed by atoms with van der Waals surface area (Å²) in [5, 5.41) is 17.0. The van der Waals surface area contributed by atoms with Crippen molar-refractivity contribution >= 4 is 46.5 Å². The van der Waals surface area contributed by atoms with Crippen LogP contribution in [0.5, 0.6) is 0 Å². The quantitative estimate of drug-likeness (QED) is 0.362. The van der Waals surface area contributed by atoms with Crippen LogP contribution in [-0.2, 0) is 9.53 Å². The lowest BCUT2D eigenvalue weighted by atomic mass is 10.0. The van der Waals surface area contributed by atoms with Crippen LogP contribution in [-0.4, -0.2) is 96.2 Å². The molecule has 2 fully saturated rings. The van der Waals surface area contributed by atoms with Crippen molar-refractivity contribution in [2.75, 3.05) is 62.7 Å². The minimum absolute atomic E-state index is 0.000668. The molecule has 220 valence electrons. The topological polar surface area (TPSA) is 144 Å². The molecular formula is C29H32N6O6S. The highest BCUT2D eigenvalue weighted by Crippen LogP contribution is 2.30. The van der Waals surface area contributed by atoms with Crippen LogP contribution in [0.4, 0.5) is 16.2 Å². The van der Waals surface area contributed by atoms with Crippen molar-refractivity contribution in [1.29, 1.82) is 0 Å². The van der Waals surface area contributed by atoms with Gasteiger partial charge in [0.15, 0.2) is 0 Å². The van der Waals surface area contributed by atoms with Gasteiger partial charge >= 0.3 is 12.0 Å². The number of nitrogens with one attached hydrogen (secondary N) is 2. The van der Waals surface area contributed by atoms with Crippen molar-refractivity contribution in [3.05, 3.63) is 76.2 Å². The second-order valence-corrected chi connectivity index (χ2v) is 10.9. The lowest BCUT2D eigenvalue weighted by Gasteiger charge is -2.39. The Morgan fingerprint density at radius 3 is 2.38 bits per heavy atom. The summed E-state index contributed by atoms with van der Waals surface area (Å²) in [6.07, 6.45) is 2.78. The van der Waals surface area contributed by atoms with Crippen LogP contribution in [0, 0.1) is 0 Å². The Balaban J connectivity index is 1.35. The van der Waals surface area contributed by atoms with E-state index in [4.69, 9.17) is 4.74 Å². The van der Waals surface area contributed by atoms with Gasteiger partial charge in [-0.2, -0.15) is 0 Å². The molecule has 2 saturated heterocycles. The van der Waals surface area contributed by atoms with E-state index in [0.29, 0.717) is 68.6 Å². The number of hydrogen-bond donors (Lipinski definition) is 3. The van der Waals surface area contributed by atoms with Crippen molar-refractivity contribution in [2.24, 2.45) is 0 Å². The van der Waals surface area contributed by atoms with Crippen LogP contribution >= 0.6 is 11.3 Å². The number of amides is 4. The van der Waals surface area contributed by atoms with E-state index in [1.165, 1.54) is 17.5 Å². The second kappa shape index (κ2) is 13.4. The highest BCUT2D eigenvalue weighted by molar-refractivity contribution is 7.12. The average Bonchev–Trinajstić information content (AvgIpc) is 3.57. The molecule has 5 rings (SSSR count). The van der Waals surface area contributed by atoms with E-state index < -0.39 is 17.9 Å². The Kier molecular flexibility index (Phi) is 9.29. The molecule has 2 aromatic heterocycles. The molecule has 2 aliphatic heterocycles. The fourth-order valence-electron chi connectivity index (χ4n) is 4.99. The third-order valence-corrected chi connectivity index (χ3v) is 8.06. The first-order chi connectivity index (χ1) is 20.4. The van der Waals surface area contributed by atoms with Gasteiger partial charge in [-0.15, -0.1) is 11.3 Å². The van der Waals surface area contributed by atoms with E-state index in [1.54, 1.807) is 48.7 Å². The Morgan fingerprint density at radius 1 is 0.952 bits per heavy atom. The molecule has 1 atom stereocenters. The molecule has 0 spiro atoms. The molecule has 3 aromatic rings. The SMILES string of the molecule is O=C(O)CC(NC(=O)c1ccc(N2CCN(C(=O)N3CCOCC3)CC2)c(NC(=O)c2cccs2)c1)c1cccnc1. The summed E-state index contributed by atoms with van der Waals surface area (Å²) in [5.41, 5.74) is 2.01. The second-order valence-electron chi connectivity index (χ2n) is 9.93. The summed E-state index contributed by atoms with van der Waals surface area (Å²) >= 11 is 1.31. The number of nitrogens with zero attached hydrogens (tertiary/aromatic N) is 4. The molecule has 1 aromatic carbocycles. The molecule has 0 radical (unpaired) electrons. The number of aliphatic carboxylic acids is 1. The van der Waals surface area contributed by atoms with E-state index in [1.807, 2.05) is 15.2 Å². The van der Waals surface area contributed by atoms with Gasteiger partial charge in [0.25, 0.3) is 11.8 Å². The molecule has 0 saturated carbocycles. The highest BCUT2D eigenvalue weighted by Gasteiger charge is 2.28. The van der Waals surface area contributed by atoms with Crippen LogP contribution in [0.2, 0.25) is 0 Å². The van der Waals surface area contributed by atoms with Gasteiger partial charge in [-0.1, -0.05) is 12.1 Å². The van der Waals surface area contributed by atoms with Crippen molar-refractivity contribution in [1.82, 2.24) is 20.1 Å². The van der Waals surface area contributed by atoms with Gasteiger partial charge in [-0.3, -0.25) is 19.4 Å². The highest BCUT2D eigenvalue weighted by atomic mass is 32.1. The normalized spacial score (nSPS) is 16.0. The monoisotopic (exact) mass is 592 g/mol. The van der Waals surface area contributed by atoms with Gasteiger partial charge in [0.1, 0.15) is 0 Å². The Labute approximate surface area is 246 Å². The number of thiophene rings is 1. The molecule has 12 nitrogen and oxygen atoms in total. The lowest BCUT2D eigenvalue weighted by Crippen LogP contribution is -2.54. The maximum atomic E-state index is 13.3. The number of ether oxygens (including phenoxy) is 1.